The number of aromatic nitrogens is 1. The molecule has 0 bridgehead atoms. The Kier molecular flexibility index (Phi) is 5.89. The number of amides is 1. The van der Waals surface area contributed by atoms with Gasteiger partial charge in [0.25, 0.3) is 5.78 Å². The van der Waals surface area contributed by atoms with Crippen molar-refractivity contribution in [1.82, 2.24) is 15.2 Å². The van der Waals surface area contributed by atoms with E-state index in [0.29, 0.717) is 25.0 Å². The number of ketones is 1. The first kappa shape index (κ1) is 21.8. The molecule has 1 unspecified atom stereocenters. The Hall–Kier alpha value is -2.88. The number of hydrogen-bond donors (Lipinski definition) is 3. The highest BCUT2D eigenvalue weighted by Crippen LogP contribution is 2.29. The van der Waals surface area contributed by atoms with Crippen LogP contribution in [0.5, 0.6) is 0 Å². The number of Topliss-reactive ketones (excluding diaryl/α,β-unsaturated/α-hetero) is 1. The summed E-state index contributed by atoms with van der Waals surface area (Å²) in [4.78, 5) is 40.2. The maximum Gasteiger partial charge on any atom is 0.452 e. The molecule has 0 saturated carbocycles. The number of aromatic carboxylic acids is 1. The summed E-state index contributed by atoms with van der Waals surface area (Å²) in [5, 5.41) is 12.4. The molecule has 0 aliphatic carbocycles. The van der Waals surface area contributed by atoms with Crippen LogP contribution in [-0.4, -0.2) is 58.0 Å². The number of carboxylic acid groups (broad SMARTS) is 1. The molecule has 1 atom stereocenters. The second-order valence-electron chi connectivity index (χ2n) is 7.73. The lowest BCUT2D eigenvalue weighted by Crippen LogP contribution is -2.52. The zero-order valence-corrected chi connectivity index (χ0v) is 16.5. The second-order valence-corrected chi connectivity index (χ2v) is 7.73. The van der Waals surface area contributed by atoms with Crippen LogP contribution in [0.3, 0.4) is 0 Å². The third kappa shape index (κ3) is 4.33. The van der Waals surface area contributed by atoms with E-state index in [2.05, 4.69) is 10.3 Å². The molecule has 0 saturated heterocycles. The van der Waals surface area contributed by atoms with Crippen molar-refractivity contribution >= 4 is 28.6 Å². The van der Waals surface area contributed by atoms with Gasteiger partial charge in [-0.1, -0.05) is 26.0 Å². The number of carboxylic acids is 1. The van der Waals surface area contributed by atoms with Crippen LogP contribution in [0.4, 0.5) is 13.2 Å². The van der Waals surface area contributed by atoms with Crippen LogP contribution < -0.4 is 5.32 Å². The van der Waals surface area contributed by atoms with Crippen molar-refractivity contribution in [2.75, 3.05) is 13.1 Å². The number of alkyl halides is 3. The average molecular weight is 425 g/mol. The van der Waals surface area contributed by atoms with Gasteiger partial charge in [0.05, 0.1) is 23.7 Å². The Balaban J connectivity index is 1.72. The predicted octanol–water partition coefficient (Wildman–Crippen LogP) is 2.50. The number of nitrogens with zero attached hydrogens (tertiary/aromatic N) is 1. The topological polar surface area (TPSA) is 102 Å². The molecule has 3 N–H and O–H groups in total. The number of H-pyrrole nitrogens is 1. The van der Waals surface area contributed by atoms with Crippen LogP contribution in [0.25, 0.3) is 10.9 Å². The highest BCUT2D eigenvalue weighted by molar-refractivity contribution is 6.03. The molecule has 10 heteroatoms. The zero-order chi connectivity index (χ0) is 22.2. The molecule has 0 radical (unpaired) electrons. The molecule has 2 aromatic rings. The van der Waals surface area contributed by atoms with Gasteiger partial charge in [-0.25, -0.2) is 4.79 Å². The van der Waals surface area contributed by atoms with Crippen LogP contribution in [0.1, 0.15) is 35.5 Å². The van der Waals surface area contributed by atoms with Crippen molar-refractivity contribution in [3.63, 3.8) is 0 Å². The number of rotatable bonds is 6. The molecule has 0 fully saturated rings. The molecule has 1 aromatic heterocycles. The Morgan fingerprint density at radius 3 is 2.57 bits per heavy atom. The van der Waals surface area contributed by atoms with E-state index < -0.39 is 35.8 Å². The molecule has 1 aliphatic rings. The van der Waals surface area contributed by atoms with Crippen LogP contribution in [-0.2, 0) is 22.6 Å². The molecule has 162 valence electrons. The van der Waals surface area contributed by atoms with Gasteiger partial charge in [-0.3, -0.25) is 14.5 Å². The number of hydrogen-bond acceptors (Lipinski definition) is 4. The van der Waals surface area contributed by atoms with Crippen molar-refractivity contribution < 1.29 is 32.7 Å². The van der Waals surface area contributed by atoms with E-state index in [1.807, 2.05) is 6.07 Å². The van der Waals surface area contributed by atoms with Crippen molar-refractivity contribution in [3.05, 3.63) is 35.0 Å². The lowest BCUT2D eigenvalue weighted by atomic mass is 9.99. The minimum atomic E-state index is -5.02. The Morgan fingerprint density at radius 1 is 1.27 bits per heavy atom. The standard InChI is InChI=1S/C20H22F3N3O4/c1-10(2)16(18(28)20(21,22)23)25-15(27)9-26-7-6-11-12-4-3-5-13(19(29)30)17(12)24-14(11)8-26/h3-5,10,16,24H,6-9H2,1-2H3,(H,25,27)(H,29,30). The summed E-state index contributed by atoms with van der Waals surface area (Å²) < 4.78 is 38.3. The van der Waals surface area contributed by atoms with Gasteiger partial charge in [0.1, 0.15) is 0 Å². The summed E-state index contributed by atoms with van der Waals surface area (Å²) in [5.41, 5.74) is 2.40. The predicted molar refractivity (Wildman–Crippen MR) is 102 cm³/mol. The van der Waals surface area contributed by atoms with Crippen molar-refractivity contribution in [3.8, 4) is 0 Å². The van der Waals surface area contributed by atoms with E-state index >= 15 is 0 Å². The average Bonchev–Trinajstić information content (AvgIpc) is 3.02. The van der Waals surface area contributed by atoms with E-state index in [4.69, 9.17) is 0 Å². The van der Waals surface area contributed by atoms with Gasteiger partial charge in [0.15, 0.2) is 0 Å². The fourth-order valence-corrected chi connectivity index (χ4v) is 3.77. The Morgan fingerprint density at radius 2 is 1.97 bits per heavy atom. The maximum atomic E-state index is 12.8. The molecule has 30 heavy (non-hydrogen) atoms. The number of fused-ring (bicyclic) bond motifs is 3. The van der Waals surface area contributed by atoms with E-state index in [0.717, 1.165) is 16.6 Å². The zero-order valence-electron chi connectivity index (χ0n) is 16.5. The first-order valence-corrected chi connectivity index (χ1v) is 9.47. The minimum Gasteiger partial charge on any atom is -0.478 e. The van der Waals surface area contributed by atoms with Crippen LogP contribution in [0.15, 0.2) is 18.2 Å². The molecule has 7 nitrogen and oxygen atoms in total. The SMILES string of the molecule is CC(C)C(NC(=O)CN1CCc2c([nH]c3c(C(=O)O)cccc23)C1)C(=O)C(F)(F)F. The largest absolute Gasteiger partial charge is 0.478 e. The first-order valence-electron chi connectivity index (χ1n) is 9.47. The fourth-order valence-electron chi connectivity index (χ4n) is 3.77. The van der Waals surface area contributed by atoms with Crippen molar-refractivity contribution in [2.45, 2.75) is 39.0 Å². The van der Waals surface area contributed by atoms with Gasteiger partial charge in [-0.15, -0.1) is 0 Å². The van der Waals surface area contributed by atoms with Gasteiger partial charge in [-0.05, 0) is 24.0 Å². The summed E-state index contributed by atoms with van der Waals surface area (Å²) in [7, 11) is 0. The Labute approximate surface area is 170 Å². The summed E-state index contributed by atoms with van der Waals surface area (Å²) in [6.07, 6.45) is -4.46. The molecule has 1 aromatic carbocycles. The van der Waals surface area contributed by atoms with Gasteiger partial charge in [0.2, 0.25) is 5.91 Å². The minimum absolute atomic E-state index is 0.150. The van der Waals surface area contributed by atoms with Crippen LogP contribution >= 0.6 is 0 Å². The molecule has 1 amide bonds. The van der Waals surface area contributed by atoms with Crippen LogP contribution in [0, 0.1) is 5.92 Å². The number of aromatic amines is 1. The van der Waals surface area contributed by atoms with Gasteiger partial charge in [-0.2, -0.15) is 13.2 Å². The highest BCUT2D eigenvalue weighted by Gasteiger charge is 2.45. The molecular weight excluding hydrogens is 403 g/mol. The number of nitrogens with one attached hydrogen (secondary N) is 2. The van der Waals surface area contributed by atoms with E-state index in [1.54, 1.807) is 11.0 Å². The number of para-hydroxylation sites is 1. The molecule has 2 heterocycles. The number of halogens is 3. The smallest absolute Gasteiger partial charge is 0.452 e. The number of carbonyl (C=O) groups is 3. The highest BCUT2D eigenvalue weighted by atomic mass is 19.4. The van der Waals surface area contributed by atoms with E-state index in [9.17, 15) is 32.7 Å². The first-order chi connectivity index (χ1) is 14.0. The molecule has 3 rings (SSSR count). The monoisotopic (exact) mass is 425 g/mol. The van der Waals surface area contributed by atoms with Gasteiger partial charge in [0, 0.05) is 24.2 Å². The van der Waals surface area contributed by atoms with Crippen molar-refractivity contribution in [2.24, 2.45) is 5.92 Å². The quantitative estimate of drug-likeness (QED) is 0.660. The second kappa shape index (κ2) is 8.10. The van der Waals surface area contributed by atoms with Gasteiger partial charge < -0.3 is 15.4 Å². The lowest BCUT2D eigenvalue weighted by Gasteiger charge is -2.28. The fraction of sp³-hybridized carbons (Fsp3) is 0.450. The van der Waals surface area contributed by atoms with E-state index in [1.165, 1.54) is 19.9 Å². The number of benzene rings is 1. The summed E-state index contributed by atoms with van der Waals surface area (Å²) >= 11 is 0. The summed E-state index contributed by atoms with van der Waals surface area (Å²) in [5.74, 6) is -4.40. The normalized spacial score (nSPS) is 15.8. The number of carbonyl (C=O) groups excluding carboxylic acids is 2. The summed E-state index contributed by atoms with van der Waals surface area (Å²) in [6.45, 7) is 3.49. The lowest BCUT2D eigenvalue weighted by molar-refractivity contribution is -0.174. The van der Waals surface area contributed by atoms with Crippen molar-refractivity contribution in [1.29, 1.82) is 0 Å². The maximum absolute atomic E-state index is 12.8. The van der Waals surface area contributed by atoms with Gasteiger partial charge >= 0.3 is 12.1 Å². The van der Waals surface area contributed by atoms with E-state index in [-0.39, 0.29) is 12.1 Å². The summed E-state index contributed by atoms with van der Waals surface area (Å²) in [6, 6.07) is 3.37. The van der Waals surface area contributed by atoms with Crippen LogP contribution in [0.2, 0.25) is 0 Å². The third-order valence-electron chi connectivity index (χ3n) is 5.23. The Bertz CT molecular complexity index is 997. The molecular formula is C20H22F3N3O4. The molecule has 1 aliphatic heterocycles. The molecule has 0 spiro atoms. The third-order valence-corrected chi connectivity index (χ3v) is 5.23.